The second kappa shape index (κ2) is 5.30. The van der Waals surface area contributed by atoms with E-state index in [9.17, 15) is 9.59 Å². The van der Waals surface area contributed by atoms with Crippen molar-refractivity contribution in [3.63, 3.8) is 0 Å². The summed E-state index contributed by atoms with van der Waals surface area (Å²) in [7, 11) is 0. The molecule has 0 aromatic heterocycles. The molecular weight excluding hydrogens is 244 g/mol. The Labute approximate surface area is 112 Å². The van der Waals surface area contributed by atoms with Gasteiger partial charge in [0.2, 0.25) is 5.91 Å². The first kappa shape index (κ1) is 13.4. The molecule has 0 aliphatic carbocycles. The molecule has 5 nitrogen and oxygen atoms in total. The highest BCUT2D eigenvalue weighted by atomic mass is 16.4. The number of carboxylic acid groups (broad SMARTS) is 1. The molecule has 1 aliphatic rings. The van der Waals surface area contributed by atoms with Crippen molar-refractivity contribution in [2.75, 3.05) is 18.8 Å². The maximum absolute atomic E-state index is 12.0. The average molecular weight is 262 g/mol. The normalized spacial score (nSPS) is 16.8. The van der Waals surface area contributed by atoms with Gasteiger partial charge in [-0.05, 0) is 17.7 Å². The third kappa shape index (κ3) is 3.05. The lowest BCUT2D eigenvalue weighted by atomic mass is 9.87. The molecule has 1 amide bonds. The first-order valence-corrected chi connectivity index (χ1v) is 6.32. The zero-order valence-electron chi connectivity index (χ0n) is 10.9. The lowest BCUT2D eigenvalue weighted by Crippen LogP contribution is -2.53. The van der Waals surface area contributed by atoms with Crippen LogP contribution in [0.15, 0.2) is 24.3 Å². The first-order valence-electron chi connectivity index (χ1n) is 6.32. The predicted octanol–water partition coefficient (Wildman–Crippen LogP) is 0.990. The quantitative estimate of drug-likeness (QED) is 0.793. The number of nitrogen functional groups attached to an aromatic ring is 1. The van der Waals surface area contributed by atoms with Gasteiger partial charge in [-0.25, -0.2) is 0 Å². The minimum Gasteiger partial charge on any atom is -0.481 e. The van der Waals surface area contributed by atoms with Crippen molar-refractivity contribution >= 4 is 17.6 Å². The fourth-order valence-corrected chi connectivity index (χ4v) is 2.16. The molecule has 0 spiro atoms. The highest BCUT2D eigenvalue weighted by molar-refractivity contribution is 5.80. The Hall–Kier alpha value is -2.04. The Morgan fingerprint density at radius 2 is 1.95 bits per heavy atom. The zero-order valence-corrected chi connectivity index (χ0v) is 10.9. The van der Waals surface area contributed by atoms with Gasteiger partial charge in [-0.15, -0.1) is 0 Å². The Balaban J connectivity index is 1.83. The van der Waals surface area contributed by atoms with E-state index in [0.717, 1.165) is 5.56 Å². The Morgan fingerprint density at radius 3 is 2.47 bits per heavy atom. The van der Waals surface area contributed by atoms with Gasteiger partial charge in [-0.3, -0.25) is 9.59 Å². The van der Waals surface area contributed by atoms with Crippen LogP contribution in [0, 0.1) is 11.8 Å². The Kier molecular flexibility index (Phi) is 3.74. The Bertz CT molecular complexity index is 478. The molecule has 1 atom stereocenters. The minimum atomic E-state index is -0.796. The lowest BCUT2D eigenvalue weighted by Gasteiger charge is -2.41. The number of nitrogens with two attached hydrogens (primary N) is 1. The van der Waals surface area contributed by atoms with Gasteiger partial charge in [0.1, 0.15) is 0 Å². The molecule has 0 radical (unpaired) electrons. The molecule has 1 aliphatic heterocycles. The van der Waals surface area contributed by atoms with Crippen LogP contribution in [-0.2, 0) is 16.0 Å². The van der Waals surface area contributed by atoms with Gasteiger partial charge in [-0.2, -0.15) is 0 Å². The molecule has 1 aromatic carbocycles. The van der Waals surface area contributed by atoms with Crippen LogP contribution in [0.2, 0.25) is 0 Å². The number of benzene rings is 1. The van der Waals surface area contributed by atoms with E-state index < -0.39 is 5.97 Å². The second-order valence-corrected chi connectivity index (χ2v) is 5.10. The number of amides is 1. The topological polar surface area (TPSA) is 83.6 Å². The number of likely N-dealkylation sites (tertiary alicyclic amines) is 1. The smallest absolute Gasteiger partial charge is 0.306 e. The SMILES string of the molecule is CC(C(=O)O)C1CN(C(=O)Cc2ccc(N)cc2)C1. The van der Waals surface area contributed by atoms with E-state index in [-0.39, 0.29) is 17.7 Å². The summed E-state index contributed by atoms with van der Waals surface area (Å²) < 4.78 is 0. The van der Waals surface area contributed by atoms with E-state index in [4.69, 9.17) is 10.8 Å². The minimum absolute atomic E-state index is 0.0404. The highest BCUT2D eigenvalue weighted by Crippen LogP contribution is 2.24. The lowest BCUT2D eigenvalue weighted by molar-refractivity contribution is -0.150. The van der Waals surface area contributed by atoms with Crippen molar-refractivity contribution in [1.82, 2.24) is 4.90 Å². The van der Waals surface area contributed by atoms with Crippen LogP contribution in [0.5, 0.6) is 0 Å². The number of hydrogen-bond donors (Lipinski definition) is 2. The maximum atomic E-state index is 12.0. The van der Waals surface area contributed by atoms with Gasteiger partial charge in [0, 0.05) is 24.7 Å². The average Bonchev–Trinajstić information content (AvgIpc) is 2.30. The van der Waals surface area contributed by atoms with Crippen LogP contribution in [0.1, 0.15) is 12.5 Å². The summed E-state index contributed by atoms with van der Waals surface area (Å²) in [6.07, 6.45) is 0.342. The molecule has 1 saturated heterocycles. The fraction of sp³-hybridized carbons (Fsp3) is 0.429. The van der Waals surface area contributed by atoms with Gasteiger partial charge in [0.25, 0.3) is 0 Å². The van der Waals surface area contributed by atoms with E-state index in [0.29, 0.717) is 25.2 Å². The number of carbonyl (C=O) groups is 2. The molecule has 1 fully saturated rings. The summed E-state index contributed by atoms with van der Waals surface area (Å²) in [6.45, 7) is 2.78. The number of anilines is 1. The Morgan fingerprint density at radius 1 is 1.37 bits per heavy atom. The number of aliphatic carboxylic acids is 1. The monoisotopic (exact) mass is 262 g/mol. The van der Waals surface area contributed by atoms with E-state index >= 15 is 0 Å². The first-order chi connectivity index (χ1) is 8.97. The van der Waals surface area contributed by atoms with Crippen LogP contribution in [-0.4, -0.2) is 35.0 Å². The van der Waals surface area contributed by atoms with E-state index in [2.05, 4.69) is 0 Å². The second-order valence-electron chi connectivity index (χ2n) is 5.10. The summed E-state index contributed by atoms with van der Waals surface area (Å²) in [5.41, 5.74) is 7.18. The molecular formula is C14H18N2O3. The molecule has 5 heteroatoms. The summed E-state index contributed by atoms with van der Waals surface area (Å²) in [5.74, 6) is -1.07. The number of carboxylic acids is 1. The standard InChI is InChI=1S/C14H18N2O3/c1-9(14(18)19)11-7-16(8-11)13(17)6-10-2-4-12(15)5-3-10/h2-5,9,11H,6-8,15H2,1H3,(H,18,19). The van der Waals surface area contributed by atoms with E-state index in [1.54, 1.807) is 24.0 Å². The van der Waals surface area contributed by atoms with E-state index in [1.807, 2.05) is 12.1 Å². The number of nitrogens with zero attached hydrogens (tertiary/aromatic N) is 1. The largest absolute Gasteiger partial charge is 0.481 e. The highest BCUT2D eigenvalue weighted by Gasteiger charge is 2.36. The molecule has 1 aromatic rings. The van der Waals surface area contributed by atoms with Gasteiger partial charge in [0.15, 0.2) is 0 Å². The van der Waals surface area contributed by atoms with Crippen LogP contribution in [0.3, 0.4) is 0 Å². The van der Waals surface area contributed by atoms with Gasteiger partial charge < -0.3 is 15.7 Å². The van der Waals surface area contributed by atoms with Gasteiger partial charge in [0.05, 0.1) is 12.3 Å². The molecule has 1 unspecified atom stereocenters. The number of rotatable bonds is 4. The van der Waals surface area contributed by atoms with Crippen LogP contribution < -0.4 is 5.73 Å². The summed E-state index contributed by atoms with van der Waals surface area (Å²) in [4.78, 5) is 24.5. The molecule has 3 N–H and O–H groups in total. The molecule has 2 rings (SSSR count). The molecule has 0 saturated carbocycles. The van der Waals surface area contributed by atoms with Crippen molar-refractivity contribution in [2.45, 2.75) is 13.3 Å². The van der Waals surface area contributed by atoms with Gasteiger partial charge in [-0.1, -0.05) is 19.1 Å². The third-order valence-corrected chi connectivity index (χ3v) is 3.69. The maximum Gasteiger partial charge on any atom is 0.306 e. The summed E-state index contributed by atoms with van der Waals surface area (Å²) in [5, 5.41) is 8.89. The molecule has 19 heavy (non-hydrogen) atoms. The predicted molar refractivity (Wildman–Crippen MR) is 71.4 cm³/mol. The van der Waals surface area contributed by atoms with Crippen molar-refractivity contribution in [3.05, 3.63) is 29.8 Å². The van der Waals surface area contributed by atoms with Crippen LogP contribution in [0.4, 0.5) is 5.69 Å². The van der Waals surface area contributed by atoms with E-state index in [1.165, 1.54) is 0 Å². The fourth-order valence-electron chi connectivity index (χ4n) is 2.16. The third-order valence-electron chi connectivity index (χ3n) is 3.69. The number of carbonyl (C=O) groups excluding carboxylic acids is 1. The molecule has 0 bridgehead atoms. The number of hydrogen-bond acceptors (Lipinski definition) is 3. The van der Waals surface area contributed by atoms with Crippen molar-refractivity contribution in [1.29, 1.82) is 0 Å². The van der Waals surface area contributed by atoms with Crippen molar-refractivity contribution in [3.8, 4) is 0 Å². The van der Waals surface area contributed by atoms with Crippen molar-refractivity contribution in [2.24, 2.45) is 11.8 Å². The van der Waals surface area contributed by atoms with Crippen LogP contribution >= 0.6 is 0 Å². The molecule has 102 valence electrons. The van der Waals surface area contributed by atoms with Crippen LogP contribution in [0.25, 0.3) is 0 Å². The molecule has 1 heterocycles. The zero-order chi connectivity index (χ0) is 14.0. The summed E-state index contributed by atoms with van der Waals surface area (Å²) >= 11 is 0. The van der Waals surface area contributed by atoms with Crippen molar-refractivity contribution < 1.29 is 14.7 Å². The van der Waals surface area contributed by atoms with Gasteiger partial charge >= 0.3 is 5.97 Å². The summed E-state index contributed by atoms with van der Waals surface area (Å²) in [6, 6.07) is 7.22.